The van der Waals surface area contributed by atoms with E-state index in [1.807, 2.05) is 48.9 Å². The van der Waals surface area contributed by atoms with Crippen molar-refractivity contribution in [2.24, 2.45) is 0 Å². The summed E-state index contributed by atoms with van der Waals surface area (Å²) in [5.74, 6) is 0.259. The van der Waals surface area contributed by atoms with Crippen LogP contribution < -0.4 is 5.32 Å². The lowest BCUT2D eigenvalue weighted by atomic mass is 10.1. The zero-order valence-electron chi connectivity index (χ0n) is 15.3. The number of nitrogens with zero attached hydrogens (tertiary/aromatic N) is 3. The molecule has 1 fully saturated rings. The Morgan fingerprint density at radius 1 is 1.26 bits per heavy atom. The number of hydrogen-bond acceptors (Lipinski definition) is 3. The van der Waals surface area contributed by atoms with Crippen LogP contribution in [-0.2, 0) is 0 Å². The Hall–Kier alpha value is -2.66. The number of amides is 1. The molecule has 2 heterocycles. The van der Waals surface area contributed by atoms with E-state index in [1.165, 1.54) is 0 Å². The summed E-state index contributed by atoms with van der Waals surface area (Å²) in [5, 5.41) is 8.28. The molecular weight excluding hydrogens is 360 g/mol. The fraction of sp³-hybridized carbons (Fsp3) is 0.286. The van der Waals surface area contributed by atoms with E-state index in [4.69, 9.17) is 11.6 Å². The largest absolute Gasteiger partial charge is 0.345 e. The minimum absolute atomic E-state index is 0.106. The second kappa shape index (κ2) is 7.16. The first-order valence-corrected chi connectivity index (χ1v) is 9.47. The Balaban J connectivity index is 1.64. The fourth-order valence-electron chi connectivity index (χ4n) is 3.21. The summed E-state index contributed by atoms with van der Waals surface area (Å²) in [6.45, 7) is 3.94. The van der Waals surface area contributed by atoms with E-state index in [9.17, 15) is 4.79 Å². The lowest BCUT2D eigenvalue weighted by molar-refractivity contribution is 0.0939. The summed E-state index contributed by atoms with van der Waals surface area (Å²) in [6.07, 6.45) is 7.27. The van der Waals surface area contributed by atoms with E-state index < -0.39 is 0 Å². The van der Waals surface area contributed by atoms with Gasteiger partial charge in [0.1, 0.15) is 0 Å². The molecule has 1 aromatic carbocycles. The van der Waals surface area contributed by atoms with Crippen LogP contribution in [0.3, 0.4) is 0 Å². The highest BCUT2D eigenvalue weighted by molar-refractivity contribution is 6.31. The summed E-state index contributed by atoms with van der Waals surface area (Å²) < 4.78 is 1.86. The van der Waals surface area contributed by atoms with Gasteiger partial charge in [0.2, 0.25) is 0 Å². The molecule has 3 aromatic rings. The number of carbonyl (C=O) groups excluding carboxylic acids is 1. The predicted octanol–water partition coefficient (Wildman–Crippen LogP) is 4.60. The number of halogens is 1. The first kappa shape index (κ1) is 17.7. The number of aromatic nitrogens is 3. The molecule has 0 spiro atoms. The van der Waals surface area contributed by atoms with Crippen molar-refractivity contribution in [3.63, 3.8) is 0 Å². The Kier molecular flexibility index (Phi) is 4.70. The highest BCUT2D eigenvalue weighted by atomic mass is 35.5. The van der Waals surface area contributed by atoms with Crippen LogP contribution in [0.25, 0.3) is 5.69 Å². The number of carbonyl (C=O) groups is 1. The van der Waals surface area contributed by atoms with Gasteiger partial charge in [-0.05, 0) is 62.1 Å². The first-order valence-electron chi connectivity index (χ1n) is 9.10. The molecule has 1 aliphatic carbocycles. The summed E-state index contributed by atoms with van der Waals surface area (Å²) >= 11 is 6.29. The standard InChI is InChI=1S/C21H21ClN4O/c1-13-3-6-17(11-19(13)22)26-20(16-4-5-16)18(12-24-26)21(27)25-14(2)15-7-9-23-10-8-15/h3,6-12,14,16H,4-5H2,1-2H3,(H,25,27). The van der Waals surface area contributed by atoms with E-state index in [2.05, 4.69) is 15.4 Å². The molecule has 27 heavy (non-hydrogen) atoms. The third-order valence-electron chi connectivity index (χ3n) is 4.97. The highest BCUT2D eigenvalue weighted by Gasteiger charge is 2.33. The van der Waals surface area contributed by atoms with Crippen molar-refractivity contribution in [1.29, 1.82) is 0 Å². The van der Waals surface area contributed by atoms with E-state index in [1.54, 1.807) is 18.6 Å². The summed E-state index contributed by atoms with van der Waals surface area (Å²) in [6, 6.07) is 9.57. The monoisotopic (exact) mass is 380 g/mol. The number of benzene rings is 1. The van der Waals surface area contributed by atoms with Gasteiger partial charge in [-0.1, -0.05) is 17.7 Å². The van der Waals surface area contributed by atoms with Gasteiger partial charge in [-0.2, -0.15) is 5.10 Å². The van der Waals surface area contributed by atoms with Crippen LogP contribution in [0, 0.1) is 6.92 Å². The fourth-order valence-corrected chi connectivity index (χ4v) is 3.39. The maximum absolute atomic E-state index is 12.9. The van der Waals surface area contributed by atoms with Gasteiger partial charge in [0.05, 0.1) is 29.2 Å². The lowest BCUT2D eigenvalue weighted by Gasteiger charge is -2.15. The second-order valence-corrected chi connectivity index (χ2v) is 7.45. The third-order valence-corrected chi connectivity index (χ3v) is 5.38. The van der Waals surface area contributed by atoms with Crippen LogP contribution in [0.2, 0.25) is 5.02 Å². The summed E-state index contributed by atoms with van der Waals surface area (Å²) in [5.41, 5.74) is 4.52. The molecule has 1 N–H and O–H groups in total. The molecule has 0 radical (unpaired) electrons. The van der Waals surface area contributed by atoms with Gasteiger partial charge in [0.15, 0.2) is 0 Å². The van der Waals surface area contributed by atoms with Crippen molar-refractivity contribution in [2.75, 3.05) is 0 Å². The number of aryl methyl sites for hydroxylation is 1. The molecule has 1 amide bonds. The normalized spacial score (nSPS) is 14.8. The van der Waals surface area contributed by atoms with E-state index in [-0.39, 0.29) is 11.9 Å². The number of rotatable bonds is 5. The summed E-state index contributed by atoms with van der Waals surface area (Å²) in [4.78, 5) is 17.0. The maximum Gasteiger partial charge on any atom is 0.255 e. The smallest absolute Gasteiger partial charge is 0.255 e. The number of pyridine rings is 1. The van der Waals surface area contributed by atoms with Crippen LogP contribution in [0.5, 0.6) is 0 Å². The zero-order valence-corrected chi connectivity index (χ0v) is 16.1. The van der Waals surface area contributed by atoms with Gasteiger partial charge in [-0.3, -0.25) is 9.78 Å². The van der Waals surface area contributed by atoms with Crippen molar-refractivity contribution in [3.8, 4) is 5.69 Å². The minimum atomic E-state index is -0.107. The molecule has 1 unspecified atom stereocenters. The molecule has 138 valence electrons. The molecule has 5 nitrogen and oxygen atoms in total. The molecule has 0 saturated heterocycles. The Morgan fingerprint density at radius 3 is 2.67 bits per heavy atom. The average Bonchev–Trinajstić information content (AvgIpc) is 3.42. The van der Waals surface area contributed by atoms with Gasteiger partial charge in [0.25, 0.3) is 5.91 Å². The van der Waals surface area contributed by atoms with Crippen LogP contribution in [0.4, 0.5) is 0 Å². The lowest BCUT2D eigenvalue weighted by Crippen LogP contribution is -2.27. The van der Waals surface area contributed by atoms with Crippen molar-refractivity contribution >= 4 is 17.5 Å². The van der Waals surface area contributed by atoms with E-state index in [0.717, 1.165) is 35.3 Å². The first-order chi connectivity index (χ1) is 13.0. The number of nitrogens with one attached hydrogen (secondary N) is 1. The van der Waals surface area contributed by atoms with Crippen molar-refractivity contribution < 1.29 is 4.79 Å². The molecule has 2 aromatic heterocycles. The van der Waals surface area contributed by atoms with Gasteiger partial charge < -0.3 is 5.32 Å². The molecule has 1 saturated carbocycles. The molecule has 6 heteroatoms. The Bertz CT molecular complexity index is 979. The molecule has 0 bridgehead atoms. The molecule has 1 aliphatic rings. The van der Waals surface area contributed by atoms with Gasteiger partial charge >= 0.3 is 0 Å². The van der Waals surface area contributed by atoms with Crippen molar-refractivity contribution in [2.45, 2.75) is 38.6 Å². The van der Waals surface area contributed by atoms with Crippen molar-refractivity contribution in [1.82, 2.24) is 20.1 Å². The predicted molar refractivity (Wildman–Crippen MR) is 105 cm³/mol. The zero-order chi connectivity index (χ0) is 19.0. The molecule has 1 atom stereocenters. The topological polar surface area (TPSA) is 59.8 Å². The maximum atomic E-state index is 12.9. The summed E-state index contributed by atoms with van der Waals surface area (Å²) in [7, 11) is 0. The molecular formula is C21H21ClN4O. The van der Waals surface area contributed by atoms with Gasteiger partial charge in [-0.25, -0.2) is 4.68 Å². The van der Waals surface area contributed by atoms with E-state index in [0.29, 0.717) is 16.5 Å². The van der Waals surface area contributed by atoms with Gasteiger partial charge in [0, 0.05) is 23.3 Å². The van der Waals surface area contributed by atoms with Crippen LogP contribution in [0.1, 0.15) is 58.9 Å². The average molecular weight is 381 g/mol. The van der Waals surface area contributed by atoms with Crippen molar-refractivity contribution in [3.05, 3.63) is 76.3 Å². The molecule has 4 rings (SSSR count). The molecule has 0 aliphatic heterocycles. The Morgan fingerprint density at radius 2 is 2.00 bits per heavy atom. The Labute approximate surface area is 163 Å². The highest BCUT2D eigenvalue weighted by Crippen LogP contribution is 2.42. The van der Waals surface area contributed by atoms with Crippen LogP contribution in [0.15, 0.2) is 48.9 Å². The second-order valence-electron chi connectivity index (χ2n) is 7.04. The van der Waals surface area contributed by atoms with Gasteiger partial charge in [-0.15, -0.1) is 0 Å². The quantitative estimate of drug-likeness (QED) is 0.703. The number of hydrogen-bond donors (Lipinski definition) is 1. The van der Waals surface area contributed by atoms with E-state index >= 15 is 0 Å². The minimum Gasteiger partial charge on any atom is -0.345 e. The SMILES string of the molecule is Cc1ccc(-n2ncc(C(=O)NC(C)c3ccncc3)c2C2CC2)cc1Cl. The van der Waals surface area contributed by atoms with Crippen LogP contribution >= 0.6 is 11.6 Å². The van der Waals surface area contributed by atoms with Crippen LogP contribution in [-0.4, -0.2) is 20.7 Å². The third kappa shape index (κ3) is 3.60.